The summed E-state index contributed by atoms with van der Waals surface area (Å²) in [6.07, 6.45) is 0. The highest BCUT2D eigenvalue weighted by molar-refractivity contribution is 6.51. The van der Waals surface area contributed by atoms with Crippen LogP contribution in [0.3, 0.4) is 0 Å². The standard InChI is InChI=1S/C25H19ClN2O4/c1-15(29)27-19-11-13-20(14-12-19)28-22(16-5-3-2-4-6-16)21(24(31)25(28)32)23(30)17-7-9-18(26)10-8-17/h2-14,22,30H,1H3,(H,27,29). The minimum Gasteiger partial charge on any atom is -0.507 e. The molecule has 0 spiro atoms. The molecule has 1 atom stereocenters. The summed E-state index contributed by atoms with van der Waals surface area (Å²) in [5.41, 5.74) is 2.08. The van der Waals surface area contributed by atoms with Crippen molar-refractivity contribution in [2.75, 3.05) is 10.2 Å². The molecule has 1 fully saturated rings. The van der Waals surface area contributed by atoms with Gasteiger partial charge in [-0.1, -0.05) is 41.9 Å². The van der Waals surface area contributed by atoms with E-state index >= 15 is 0 Å². The largest absolute Gasteiger partial charge is 0.507 e. The first-order valence-electron chi connectivity index (χ1n) is 9.86. The van der Waals surface area contributed by atoms with E-state index in [-0.39, 0.29) is 17.2 Å². The van der Waals surface area contributed by atoms with Crippen LogP contribution in [-0.2, 0) is 14.4 Å². The number of carbonyl (C=O) groups is 3. The van der Waals surface area contributed by atoms with Crippen LogP contribution in [0.2, 0.25) is 5.02 Å². The van der Waals surface area contributed by atoms with Crippen LogP contribution in [-0.4, -0.2) is 22.7 Å². The van der Waals surface area contributed by atoms with Crippen molar-refractivity contribution in [2.24, 2.45) is 0 Å². The predicted molar refractivity (Wildman–Crippen MR) is 123 cm³/mol. The molecule has 0 aromatic heterocycles. The van der Waals surface area contributed by atoms with E-state index in [4.69, 9.17) is 11.6 Å². The Labute approximate surface area is 189 Å². The van der Waals surface area contributed by atoms with Crippen molar-refractivity contribution < 1.29 is 19.5 Å². The molecule has 1 unspecified atom stereocenters. The number of aliphatic hydroxyl groups is 1. The second-order valence-electron chi connectivity index (χ2n) is 7.31. The number of anilines is 2. The third kappa shape index (κ3) is 4.00. The third-order valence-electron chi connectivity index (χ3n) is 5.14. The fourth-order valence-corrected chi connectivity index (χ4v) is 3.85. The first kappa shape index (κ1) is 21.3. The van der Waals surface area contributed by atoms with Crippen LogP contribution in [0.4, 0.5) is 11.4 Å². The van der Waals surface area contributed by atoms with Gasteiger partial charge in [-0.15, -0.1) is 0 Å². The van der Waals surface area contributed by atoms with Gasteiger partial charge in [-0.3, -0.25) is 19.3 Å². The van der Waals surface area contributed by atoms with E-state index in [2.05, 4.69) is 5.32 Å². The molecule has 0 aliphatic carbocycles. The molecule has 0 saturated carbocycles. The average molecular weight is 447 g/mol. The first-order chi connectivity index (χ1) is 15.4. The van der Waals surface area contributed by atoms with Gasteiger partial charge in [0.1, 0.15) is 5.76 Å². The number of carbonyl (C=O) groups excluding carboxylic acids is 3. The van der Waals surface area contributed by atoms with Crippen molar-refractivity contribution in [1.82, 2.24) is 0 Å². The summed E-state index contributed by atoms with van der Waals surface area (Å²) in [5.74, 6) is -2.02. The van der Waals surface area contributed by atoms with Crippen LogP contribution < -0.4 is 10.2 Å². The minimum atomic E-state index is -0.821. The van der Waals surface area contributed by atoms with Gasteiger partial charge in [-0.2, -0.15) is 0 Å². The molecule has 0 radical (unpaired) electrons. The molecule has 1 aliphatic heterocycles. The second-order valence-corrected chi connectivity index (χ2v) is 7.75. The van der Waals surface area contributed by atoms with Gasteiger partial charge in [0.25, 0.3) is 11.7 Å². The van der Waals surface area contributed by atoms with Gasteiger partial charge in [0.15, 0.2) is 0 Å². The van der Waals surface area contributed by atoms with Crippen molar-refractivity contribution in [3.05, 3.63) is 101 Å². The summed E-state index contributed by atoms with van der Waals surface area (Å²) in [7, 11) is 0. The van der Waals surface area contributed by atoms with Gasteiger partial charge in [-0.25, -0.2) is 0 Å². The number of amides is 2. The van der Waals surface area contributed by atoms with Gasteiger partial charge >= 0.3 is 0 Å². The summed E-state index contributed by atoms with van der Waals surface area (Å²) in [4.78, 5) is 38.8. The molecule has 1 heterocycles. The fourth-order valence-electron chi connectivity index (χ4n) is 3.72. The molecule has 1 saturated heterocycles. The van der Waals surface area contributed by atoms with Gasteiger partial charge in [0.05, 0.1) is 11.6 Å². The van der Waals surface area contributed by atoms with Crippen molar-refractivity contribution in [2.45, 2.75) is 13.0 Å². The zero-order valence-corrected chi connectivity index (χ0v) is 17.8. The molecule has 6 nitrogen and oxygen atoms in total. The first-order valence-corrected chi connectivity index (χ1v) is 10.2. The Morgan fingerprint density at radius 2 is 1.56 bits per heavy atom. The van der Waals surface area contributed by atoms with E-state index in [0.717, 1.165) is 0 Å². The Balaban J connectivity index is 1.85. The zero-order chi connectivity index (χ0) is 22.8. The maximum absolute atomic E-state index is 13.1. The van der Waals surface area contributed by atoms with E-state index < -0.39 is 17.7 Å². The average Bonchev–Trinajstić information content (AvgIpc) is 3.05. The number of hydrogen-bond acceptors (Lipinski definition) is 4. The van der Waals surface area contributed by atoms with E-state index in [1.807, 2.05) is 6.07 Å². The zero-order valence-electron chi connectivity index (χ0n) is 17.1. The molecule has 1 aliphatic rings. The van der Waals surface area contributed by atoms with Crippen LogP contribution in [0.15, 0.2) is 84.4 Å². The highest BCUT2D eigenvalue weighted by Gasteiger charge is 2.46. The number of Topliss-reactive ketones (excluding diaryl/α,β-unsaturated/α-hetero) is 1. The number of hydrogen-bond donors (Lipinski definition) is 2. The van der Waals surface area contributed by atoms with Crippen molar-refractivity contribution in [3.8, 4) is 0 Å². The number of rotatable bonds is 4. The number of nitrogens with zero attached hydrogens (tertiary/aromatic N) is 1. The number of ketones is 1. The lowest BCUT2D eigenvalue weighted by Crippen LogP contribution is -2.29. The van der Waals surface area contributed by atoms with Crippen molar-refractivity contribution in [1.29, 1.82) is 0 Å². The predicted octanol–water partition coefficient (Wildman–Crippen LogP) is 4.92. The van der Waals surface area contributed by atoms with E-state index in [0.29, 0.717) is 27.5 Å². The van der Waals surface area contributed by atoms with E-state index in [9.17, 15) is 19.5 Å². The quantitative estimate of drug-likeness (QED) is 0.338. The highest BCUT2D eigenvalue weighted by Crippen LogP contribution is 2.42. The third-order valence-corrected chi connectivity index (χ3v) is 5.40. The molecule has 160 valence electrons. The van der Waals surface area contributed by atoms with Gasteiger partial charge in [-0.05, 0) is 54.1 Å². The molecular formula is C25H19ClN2O4. The molecule has 4 rings (SSSR count). The van der Waals surface area contributed by atoms with Crippen LogP contribution >= 0.6 is 11.6 Å². The summed E-state index contributed by atoms with van der Waals surface area (Å²) in [5, 5.41) is 14.2. The lowest BCUT2D eigenvalue weighted by Gasteiger charge is -2.25. The number of benzene rings is 3. The fraction of sp³-hybridized carbons (Fsp3) is 0.0800. The Kier molecular flexibility index (Phi) is 5.79. The van der Waals surface area contributed by atoms with Crippen LogP contribution in [0.25, 0.3) is 5.76 Å². The Morgan fingerprint density at radius 1 is 0.938 bits per heavy atom. The summed E-state index contributed by atoms with van der Waals surface area (Å²) < 4.78 is 0. The normalized spacial score (nSPS) is 17.4. The molecule has 2 amide bonds. The van der Waals surface area contributed by atoms with Crippen LogP contribution in [0.1, 0.15) is 24.1 Å². The maximum atomic E-state index is 13.1. The number of halogens is 1. The second kappa shape index (κ2) is 8.69. The lowest BCUT2D eigenvalue weighted by atomic mass is 9.95. The molecule has 3 aromatic rings. The van der Waals surface area contributed by atoms with Gasteiger partial charge in [0.2, 0.25) is 5.91 Å². The van der Waals surface area contributed by atoms with Gasteiger partial charge in [0, 0.05) is 28.9 Å². The van der Waals surface area contributed by atoms with E-state index in [1.165, 1.54) is 11.8 Å². The molecule has 3 aromatic carbocycles. The summed E-state index contributed by atoms with van der Waals surface area (Å²) >= 11 is 5.95. The molecule has 32 heavy (non-hydrogen) atoms. The monoisotopic (exact) mass is 446 g/mol. The molecule has 2 N–H and O–H groups in total. The highest BCUT2D eigenvalue weighted by atomic mass is 35.5. The SMILES string of the molecule is CC(=O)Nc1ccc(N2C(=O)C(=O)C(=C(O)c3ccc(Cl)cc3)C2c2ccccc2)cc1. The van der Waals surface area contributed by atoms with Crippen molar-refractivity contribution in [3.63, 3.8) is 0 Å². The number of aliphatic hydroxyl groups excluding tert-OH is 1. The topological polar surface area (TPSA) is 86.7 Å². The summed E-state index contributed by atoms with van der Waals surface area (Å²) in [6, 6.07) is 21.2. The maximum Gasteiger partial charge on any atom is 0.300 e. The van der Waals surface area contributed by atoms with Crippen molar-refractivity contribution >= 4 is 46.3 Å². The Hall–Kier alpha value is -3.90. The van der Waals surface area contributed by atoms with Crippen LogP contribution in [0.5, 0.6) is 0 Å². The Morgan fingerprint density at radius 3 is 2.16 bits per heavy atom. The lowest BCUT2D eigenvalue weighted by molar-refractivity contribution is -0.132. The Bertz CT molecular complexity index is 1220. The smallest absolute Gasteiger partial charge is 0.300 e. The molecule has 0 bridgehead atoms. The molecular weight excluding hydrogens is 428 g/mol. The number of nitrogens with one attached hydrogen (secondary N) is 1. The van der Waals surface area contributed by atoms with Crippen LogP contribution in [0, 0.1) is 0 Å². The van der Waals surface area contributed by atoms with E-state index in [1.54, 1.807) is 72.8 Å². The molecule has 7 heteroatoms. The minimum absolute atomic E-state index is 0.00513. The van der Waals surface area contributed by atoms with Gasteiger partial charge < -0.3 is 10.4 Å². The summed E-state index contributed by atoms with van der Waals surface area (Å²) in [6.45, 7) is 1.40.